The van der Waals surface area contributed by atoms with Gasteiger partial charge in [-0.2, -0.15) is 0 Å². The lowest BCUT2D eigenvalue weighted by molar-refractivity contribution is -0.134. The van der Waals surface area contributed by atoms with Crippen LogP contribution in [0.15, 0.2) is 24.3 Å². The number of anilines is 1. The molecule has 1 aliphatic rings. The minimum atomic E-state index is -0.376. The highest BCUT2D eigenvalue weighted by atomic mass is 19.1. The van der Waals surface area contributed by atoms with Crippen LogP contribution in [-0.2, 0) is 4.79 Å². The van der Waals surface area contributed by atoms with Gasteiger partial charge in [-0.1, -0.05) is 33.1 Å². The summed E-state index contributed by atoms with van der Waals surface area (Å²) in [4.78, 5) is 13.4. The zero-order valence-corrected chi connectivity index (χ0v) is 14.8. The van der Waals surface area contributed by atoms with Gasteiger partial charge in [0.1, 0.15) is 5.82 Å². The first kappa shape index (κ1) is 17.9. The Morgan fingerprint density at radius 3 is 2.22 bits per heavy atom. The molecule has 1 aromatic rings. The van der Waals surface area contributed by atoms with Crippen LogP contribution in [0.5, 0.6) is 0 Å². The number of hydrogen-bond acceptors (Lipinski definition) is 2. The molecule has 0 bridgehead atoms. The molecule has 1 aliphatic carbocycles. The molecule has 0 radical (unpaired) electrons. The molecule has 0 saturated heterocycles. The fourth-order valence-electron chi connectivity index (χ4n) is 3.71. The highest BCUT2D eigenvalue weighted by Crippen LogP contribution is 2.43. The lowest BCUT2D eigenvalue weighted by Gasteiger charge is -2.43. The van der Waals surface area contributed by atoms with Gasteiger partial charge in [0.2, 0.25) is 5.91 Å². The predicted molar refractivity (Wildman–Crippen MR) is 92.5 cm³/mol. The smallest absolute Gasteiger partial charge is 0.247 e. The largest absolute Gasteiger partial charge is 0.272 e. The van der Waals surface area contributed by atoms with E-state index in [4.69, 9.17) is 0 Å². The van der Waals surface area contributed by atoms with Gasteiger partial charge in [0.25, 0.3) is 0 Å². The zero-order valence-electron chi connectivity index (χ0n) is 14.8. The van der Waals surface area contributed by atoms with Crippen LogP contribution < -0.4 is 5.01 Å². The maximum absolute atomic E-state index is 13.4. The molecule has 4 heteroatoms. The zero-order chi connectivity index (χ0) is 17.0. The van der Waals surface area contributed by atoms with Gasteiger partial charge >= 0.3 is 0 Å². The Kier molecular flexibility index (Phi) is 5.79. The summed E-state index contributed by atoms with van der Waals surface area (Å²) in [5.41, 5.74) is 0.343. The number of rotatable bonds is 5. The number of benzene rings is 1. The molecule has 1 aromatic carbocycles. The Morgan fingerprint density at radius 1 is 1.17 bits per heavy atom. The maximum Gasteiger partial charge on any atom is 0.247 e. The summed E-state index contributed by atoms with van der Waals surface area (Å²) >= 11 is 0. The maximum atomic E-state index is 13.4. The molecule has 1 unspecified atom stereocenters. The van der Waals surface area contributed by atoms with Crippen molar-refractivity contribution in [3.63, 3.8) is 0 Å². The van der Waals surface area contributed by atoms with E-state index in [-0.39, 0.29) is 17.1 Å². The molecule has 1 fully saturated rings. The molecule has 3 nitrogen and oxygen atoms in total. The first-order chi connectivity index (χ1) is 10.9. The molecule has 0 spiro atoms. The van der Waals surface area contributed by atoms with Crippen LogP contribution in [0.2, 0.25) is 0 Å². The van der Waals surface area contributed by atoms with Crippen LogP contribution >= 0.6 is 0 Å². The van der Waals surface area contributed by atoms with E-state index >= 15 is 0 Å². The van der Waals surface area contributed by atoms with Crippen molar-refractivity contribution in [1.29, 1.82) is 0 Å². The summed E-state index contributed by atoms with van der Waals surface area (Å²) in [6.07, 6.45) is 6.78. The first-order valence-corrected chi connectivity index (χ1v) is 8.67. The second kappa shape index (κ2) is 7.43. The summed E-state index contributed by atoms with van der Waals surface area (Å²) in [5.74, 6) is 0.255. The quantitative estimate of drug-likeness (QED) is 0.738. The van der Waals surface area contributed by atoms with Crippen LogP contribution in [0, 0.1) is 17.2 Å². The molecule has 128 valence electrons. The van der Waals surface area contributed by atoms with Crippen molar-refractivity contribution >= 4 is 11.6 Å². The van der Waals surface area contributed by atoms with Gasteiger partial charge in [-0.15, -0.1) is 0 Å². The third-order valence-electron chi connectivity index (χ3n) is 5.39. The SMILES string of the molecule is CCC(C)(C(=O)N(c1ccc(F)cc1)N(C)C)C1CCCCC1. The molecular formula is C19H29FN2O. The fraction of sp³-hybridized carbons (Fsp3) is 0.632. The number of hydrazine groups is 1. The van der Waals surface area contributed by atoms with Gasteiger partial charge in [0.15, 0.2) is 0 Å². The van der Waals surface area contributed by atoms with Crippen LogP contribution in [0.25, 0.3) is 0 Å². The van der Waals surface area contributed by atoms with Gasteiger partial charge in [-0.3, -0.25) is 4.79 Å². The number of carbonyl (C=O) groups is 1. The van der Waals surface area contributed by atoms with Crippen molar-refractivity contribution in [3.8, 4) is 0 Å². The highest BCUT2D eigenvalue weighted by Gasteiger charge is 2.43. The minimum absolute atomic E-state index is 0.114. The number of nitrogens with zero attached hydrogens (tertiary/aromatic N) is 2. The summed E-state index contributed by atoms with van der Waals surface area (Å²) in [7, 11) is 3.72. The Balaban J connectivity index is 2.32. The molecule has 0 aliphatic heterocycles. The first-order valence-electron chi connectivity index (χ1n) is 8.67. The van der Waals surface area contributed by atoms with E-state index in [1.807, 2.05) is 14.1 Å². The summed E-state index contributed by atoms with van der Waals surface area (Å²) < 4.78 is 13.2. The Bertz CT molecular complexity index is 523. The average Bonchev–Trinajstić information content (AvgIpc) is 2.56. The molecule has 23 heavy (non-hydrogen) atoms. The third kappa shape index (κ3) is 3.74. The topological polar surface area (TPSA) is 23.6 Å². The average molecular weight is 320 g/mol. The second-order valence-electron chi connectivity index (χ2n) is 7.05. The van der Waals surface area contributed by atoms with Crippen molar-refractivity contribution in [2.75, 3.05) is 19.1 Å². The molecule has 0 N–H and O–H groups in total. The van der Waals surface area contributed by atoms with E-state index in [1.165, 1.54) is 31.4 Å². The number of amides is 1. The van der Waals surface area contributed by atoms with Crippen LogP contribution in [0.4, 0.5) is 10.1 Å². The molecule has 0 aromatic heterocycles. The molecule has 1 atom stereocenters. The molecule has 0 heterocycles. The fourth-order valence-corrected chi connectivity index (χ4v) is 3.71. The van der Waals surface area contributed by atoms with E-state index < -0.39 is 0 Å². The summed E-state index contributed by atoms with van der Waals surface area (Å²) in [6, 6.07) is 6.15. The second-order valence-corrected chi connectivity index (χ2v) is 7.05. The Labute approximate surface area is 139 Å². The summed E-state index contributed by atoms with van der Waals surface area (Å²) in [5, 5.41) is 3.49. The monoisotopic (exact) mass is 320 g/mol. The molecular weight excluding hydrogens is 291 g/mol. The lowest BCUT2D eigenvalue weighted by Crippen LogP contribution is -2.52. The standard InChI is InChI=1S/C19H29FN2O/c1-5-19(2,15-9-7-6-8-10-15)18(23)22(21(3)4)17-13-11-16(20)12-14-17/h11-15H,5-10H2,1-4H3. The van der Waals surface area contributed by atoms with Crippen molar-refractivity contribution in [1.82, 2.24) is 5.01 Å². The Morgan fingerprint density at radius 2 is 1.74 bits per heavy atom. The molecule has 2 rings (SSSR count). The van der Waals surface area contributed by atoms with Crippen LogP contribution in [-0.4, -0.2) is 25.0 Å². The van der Waals surface area contributed by atoms with E-state index in [0.717, 1.165) is 24.9 Å². The predicted octanol–water partition coefficient (Wildman–Crippen LogP) is 4.63. The van der Waals surface area contributed by atoms with Crippen LogP contribution in [0.1, 0.15) is 52.4 Å². The number of hydrogen-bond donors (Lipinski definition) is 0. The van der Waals surface area contributed by atoms with Gasteiger partial charge in [-0.05, 0) is 49.4 Å². The van der Waals surface area contributed by atoms with Crippen molar-refractivity contribution < 1.29 is 9.18 Å². The normalized spacial score (nSPS) is 18.7. The van der Waals surface area contributed by atoms with E-state index in [2.05, 4.69) is 13.8 Å². The molecule has 1 amide bonds. The van der Waals surface area contributed by atoms with Gasteiger partial charge in [-0.25, -0.2) is 14.4 Å². The Hall–Kier alpha value is -1.42. The third-order valence-corrected chi connectivity index (χ3v) is 5.39. The summed E-state index contributed by atoms with van der Waals surface area (Å²) in [6.45, 7) is 4.20. The number of halogens is 1. The van der Waals surface area contributed by atoms with E-state index in [0.29, 0.717) is 5.92 Å². The lowest BCUT2D eigenvalue weighted by atomic mass is 9.67. The van der Waals surface area contributed by atoms with Gasteiger partial charge in [0, 0.05) is 14.1 Å². The highest BCUT2D eigenvalue weighted by molar-refractivity contribution is 5.96. The number of carbonyl (C=O) groups excluding carboxylic acids is 1. The van der Waals surface area contributed by atoms with Crippen molar-refractivity contribution in [2.24, 2.45) is 11.3 Å². The van der Waals surface area contributed by atoms with Gasteiger partial charge < -0.3 is 0 Å². The van der Waals surface area contributed by atoms with Gasteiger partial charge in [0.05, 0.1) is 11.1 Å². The van der Waals surface area contributed by atoms with E-state index in [9.17, 15) is 9.18 Å². The van der Waals surface area contributed by atoms with Crippen molar-refractivity contribution in [2.45, 2.75) is 52.4 Å². The molecule has 1 saturated carbocycles. The van der Waals surface area contributed by atoms with Crippen molar-refractivity contribution in [3.05, 3.63) is 30.1 Å². The van der Waals surface area contributed by atoms with E-state index in [1.54, 1.807) is 22.2 Å². The van der Waals surface area contributed by atoms with Crippen LogP contribution in [0.3, 0.4) is 0 Å². The minimum Gasteiger partial charge on any atom is -0.272 e.